The van der Waals surface area contributed by atoms with Crippen LogP contribution in [-0.2, 0) is 17.9 Å². The van der Waals surface area contributed by atoms with Crippen molar-refractivity contribution < 1.29 is 4.79 Å². The maximum Gasteiger partial charge on any atom is 0.244 e. The van der Waals surface area contributed by atoms with Crippen molar-refractivity contribution in [3.63, 3.8) is 0 Å². The van der Waals surface area contributed by atoms with Crippen molar-refractivity contribution in [2.24, 2.45) is 0 Å². The molecule has 3 aromatic rings. The van der Waals surface area contributed by atoms with Crippen LogP contribution in [0.4, 0.5) is 17.5 Å². The van der Waals surface area contributed by atoms with Crippen molar-refractivity contribution in [3.8, 4) is 0 Å². The number of hydrogen-bond acceptors (Lipinski definition) is 7. The Labute approximate surface area is 179 Å². The van der Waals surface area contributed by atoms with Gasteiger partial charge in [0, 0.05) is 38.9 Å². The van der Waals surface area contributed by atoms with E-state index in [4.69, 9.17) is 11.6 Å². The fourth-order valence-electron chi connectivity index (χ4n) is 3.13. The summed E-state index contributed by atoms with van der Waals surface area (Å²) in [5.74, 6) is 0.989. The summed E-state index contributed by atoms with van der Waals surface area (Å²) in [6.07, 6.45) is 4.94. The van der Waals surface area contributed by atoms with Gasteiger partial charge >= 0.3 is 0 Å². The van der Waals surface area contributed by atoms with E-state index in [-0.39, 0.29) is 12.5 Å². The monoisotopic (exact) mass is 426 g/mol. The van der Waals surface area contributed by atoms with Gasteiger partial charge in [0.2, 0.25) is 11.9 Å². The number of amides is 1. The van der Waals surface area contributed by atoms with Gasteiger partial charge in [0.15, 0.2) is 5.82 Å². The van der Waals surface area contributed by atoms with Gasteiger partial charge < -0.3 is 20.9 Å². The van der Waals surface area contributed by atoms with Gasteiger partial charge in [-0.15, -0.1) is 0 Å². The molecule has 10 heteroatoms. The van der Waals surface area contributed by atoms with Crippen molar-refractivity contribution in [1.82, 2.24) is 30.0 Å². The molecule has 0 unspecified atom stereocenters. The number of anilines is 3. The fourth-order valence-corrected chi connectivity index (χ4v) is 3.29. The molecule has 1 amide bonds. The third kappa shape index (κ3) is 5.25. The van der Waals surface area contributed by atoms with Gasteiger partial charge in [-0.3, -0.25) is 9.48 Å². The summed E-state index contributed by atoms with van der Waals surface area (Å²) in [7, 11) is 0. The minimum absolute atomic E-state index is 0.0568. The molecule has 1 aromatic carbocycles. The van der Waals surface area contributed by atoms with Crippen LogP contribution in [0.15, 0.2) is 48.9 Å². The lowest BCUT2D eigenvalue weighted by Crippen LogP contribution is -2.47. The molecule has 1 saturated heterocycles. The highest BCUT2D eigenvalue weighted by Gasteiger charge is 2.17. The number of hydrogen-bond donors (Lipinski definition) is 3. The van der Waals surface area contributed by atoms with Crippen molar-refractivity contribution in [2.45, 2.75) is 13.1 Å². The van der Waals surface area contributed by atoms with E-state index in [0.29, 0.717) is 29.0 Å². The third-order valence-electron chi connectivity index (χ3n) is 4.70. The molecule has 1 aliphatic heterocycles. The Morgan fingerprint density at radius 3 is 2.77 bits per heavy atom. The molecule has 9 nitrogen and oxygen atoms in total. The van der Waals surface area contributed by atoms with Gasteiger partial charge in [0.1, 0.15) is 11.6 Å². The molecule has 0 atom stereocenters. The number of carbonyl (C=O) groups is 1. The Morgan fingerprint density at radius 2 is 1.97 bits per heavy atom. The van der Waals surface area contributed by atoms with Gasteiger partial charge in [-0.1, -0.05) is 41.9 Å². The minimum Gasteiger partial charge on any atom is -0.365 e. The summed E-state index contributed by atoms with van der Waals surface area (Å²) in [6.45, 7) is 3.90. The van der Waals surface area contributed by atoms with E-state index in [1.807, 2.05) is 35.2 Å². The molecule has 0 radical (unpaired) electrons. The minimum atomic E-state index is 0.0568. The van der Waals surface area contributed by atoms with E-state index in [2.05, 4.69) is 31.0 Å². The first-order chi connectivity index (χ1) is 14.7. The number of aromatic nitrogens is 4. The first-order valence-electron chi connectivity index (χ1n) is 9.76. The van der Waals surface area contributed by atoms with Gasteiger partial charge in [-0.05, 0) is 5.56 Å². The van der Waals surface area contributed by atoms with Crippen molar-refractivity contribution in [2.75, 3.05) is 36.8 Å². The average Bonchev–Trinajstić information content (AvgIpc) is 3.22. The predicted octanol–water partition coefficient (Wildman–Crippen LogP) is 2.11. The van der Waals surface area contributed by atoms with Crippen molar-refractivity contribution >= 4 is 35.0 Å². The lowest BCUT2D eigenvalue weighted by Gasteiger charge is -2.27. The van der Waals surface area contributed by atoms with E-state index in [1.54, 1.807) is 23.3 Å². The van der Waals surface area contributed by atoms with Crippen molar-refractivity contribution in [3.05, 3.63) is 59.5 Å². The Hall–Kier alpha value is -3.17. The second-order valence-corrected chi connectivity index (χ2v) is 7.32. The number of benzene rings is 1. The Kier molecular flexibility index (Phi) is 6.41. The third-order valence-corrected chi connectivity index (χ3v) is 4.98. The fraction of sp³-hybridized carbons (Fsp3) is 0.300. The molecule has 156 valence electrons. The Bertz CT molecular complexity index is 987. The molecule has 30 heavy (non-hydrogen) atoms. The van der Waals surface area contributed by atoms with Crippen LogP contribution in [-0.4, -0.2) is 56.7 Å². The lowest BCUT2D eigenvalue weighted by atomic mass is 10.2. The highest BCUT2D eigenvalue weighted by molar-refractivity contribution is 6.32. The van der Waals surface area contributed by atoms with E-state index >= 15 is 0 Å². The van der Waals surface area contributed by atoms with Crippen LogP contribution in [0.5, 0.6) is 0 Å². The summed E-state index contributed by atoms with van der Waals surface area (Å²) < 4.78 is 1.61. The summed E-state index contributed by atoms with van der Waals surface area (Å²) >= 11 is 6.22. The van der Waals surface area contributed by atoms with E-state index in [0.717, 1.165) is 31.7 Å². The molecule has 2 aromatic heterocycles. The molecule has 3 heterocycles. The molecular weight excluding hydrogens is 404 g/mol. The summed E-state index contributed by atoms with van der Waals surface area (Å²) in [5, 5.41) is 14.3. The van der Waals surface area contributed by atoms with E-state index in [1.165, 1.54) is 0 Å². The predicted molar refractivity (Wildman–Crippen MR) is 116 cm³/mol. The van der Waals surface area contributed by atoms with Crippen molar-refractivity contribution in [1.29, 1.82) is 0 Å². The van der Waals surface area contributed by atoms with Gasteiger partial charge in [0.05, 0.1) is 18.1 Å². The molecule has 0 saturated carbocycles. The highest BCUT2D eigenvalue weighted by atomic mass is 35.5. The smallest absolute Gasteiger partial charge is 0.244 e. The number of carbonyl (C=O) groups excluding carboxylic acids is 1. The first kappa shape index (κ1) is 20.1. The topological polar surface area (TPSA) is 100 Å². The number of rotatable bonds is 7. The van der Waals surface area contributed by atoms with Crippen LogP contribution in [0.2, 0.25) is 5.02 Å². The van der Waals surface area contributed by atoms with Crippen LogP contribution in [0, 0.1) is 0 Å². The summed E-state index contributed by atoms with van der Waals surface area (Å²) in [6, 6.07) is 9.99. The first-order valence-corrected chi connectivity index (χ1v) is 10.1. The zero-order valence-corrected chi connectivity index (χ0v) is 17.1. The maximum atomic E-state index is 12.4. The summed E-state index contributed by atoms with van der Waals surface area (Å²) in [4.78, 5) is 22.9. The zero-order valence-electron chi connectivity index (χ0n) is 16.4. The standard InChI is InChI=1S/C20H23ClN8O/c21-17-12-24-20(27-19(17)23-10-15-4-2-1-3-5-15)26-16-11-25-29(13-16)14-18(30)28-8-6-22-7-9-28/h1-5,11-13,22H,6-10,14H2,(H2,23,24,26,27). The van der Waals surface area contributed by atoms with Crippen LogP contribution < -0.4 is 16.0 Å². The molecule has 0 bridgehead atoms. The highest BCUT2D eigenvalue weighted by Crippen LogP contribution is 2.22. The quantitative estimate of drug-likeness (QED) is 0.532. The number of nitrogens with zero attached hydrogens (tertiary/aromatic N) is 5. The second kappa shape index (κ2) is 9.55. The van der Waals surface area contributed by atoms with E-state index < -0.39 is 0 Å². The second-order valence-electron chi connectivity index (χ2n) is 6.91. The number of nitrogens with one attached hydrogen (secondary N) is 3. The van der Waals surface area contributed by atoms with E-state index in [9.17, 15) is 4.79 Å². The number of halogens is 1. The van der Waals surface area contributed by atoms with Gasteiger partial charge in [-0.2, -0.15) is 10.1 Å². The van der Waals surface area contributed by atoms with Crippen LogP contribution >= 0.6 is 11.6 Å². The normalized spacial score (nSPS) is 13.8. The van der Waals surface area contributed by atoms with Crippen LogP contribution in [0.25, 0.3) is 0 Å². The average molecular weight is 427 g/mol. The molecule has 4 rings (SSSR count). The SMILES string of the molecule is O=C(Cn1cc(Nc2ncc(Cl)c(NCc3ccccc3)n2)cn1)N1CCNCC1. The lowest BCUT2D eigenvalue weighted by molar-refractivity contribution is -0.132. The maximum absolute atomic E-state index is 12.4. The Morgan fingerprint density at radius 1 is 1.17 bits per heavy atom. The number of piperazine rings is 1. The zero-order chi connectivity index (χ0) is 20.8. The molecule has 3 N–H and O–H groups in total. The molecule has 1 aliphatic rings. The molecule has 1 fully saturated rings. The molecule has 0 spiro atoms. The Balaban J connectivity index is 1.36. The van der Waals surface area contributed by atoms with Crippen LogP contribution in [0.1, 0.15) is 5.56 Å². The summed E-state index contributed by atoms with van der Waals surface area (Å²) in [5.41, 5.74) is 1.82. The van der Waals surface area contributed by atoms with Crippen LogP contribution in [0.3, 0.4) is 0 Å². The molecular formula is C20H23ClN8O. The van der Waals surface area contributed by atoms with Gasteiger partial charge in [-0.25, -0.2) is 4.98 Å². The molecule has 0 aliphatic carbocycles. The largest absolute Gasteiger partial charge is 0.365 e. The van der Waals surface area contributed by atoms with Gasteiger partial charge in [0.25, 0.3) is 0 Å².